The number of hydrogen-bond acceptors (Lipinski definition) is 2. The SMILES string of the molecule is Cc1nc2c(n1CC(C)C(=O)O)CCCC2. The summed E-state index contributed by atoms with van der Waals surface area (Å²) >= 11 is 0. The van der Waals surface area contributed by atoms with Gasteiger partial charge in [0.1, 0.15) is 5.82 Å². The van der Waals surface area contributed by atoms with Gasteiger partial charge >= 0.3 is 5.97 Å². The van der Waals surface area contributed by atoms with E-state index in [1.807, 2.05) is 6.92 Å². The van der Waals surface area contributed by atoms with Gasteiger partial charge in [-0.3, -0.25) is 4.79 Å². The number of imidazole rings is 1. The number of carboxylic acid groups (broad SMARTS) is 1. The molecule has 0 bridgehead atoms. The van der Waals surface area contributed by atoms with Gasteiger partial charge in [0.25, 0.3) is 0 Å². The number of carbonyl (C=O) groups is 1. The van der Waals surface area contributed by atoms with Crippen molar-refractivity contribution >= 4 is 5.97 Å². The van der Waals surface area contributed by atoms with E-state index in [0.29, 0.717) is 6.54 Å². The second-order valence-corrected chi connectivity index (χ2v) is 4.61. The Kier molecular flexibility index (Phi) is 2.99. The van der Waals surface area contributed by atoms with Crippen LogP contribution in [0, 0.1) is 12.8 Å². The van der Waals surface area contributed by atoms with Crippen molar-refractivity contribution in [2.24, 2.45) is 5.92 Å². The highest BCUT2D eigenvalue weighted by Gasteiger charge is 2.20. The molecular weight excluding hydrogens is 204 g/mol. The van der Waals surface area contributed by atoms with E-state index in [9.17, 15) is 4.79 Å². The molecule has 0 aliphatic heterocycles. The van der Waals surface area contributed by atoms with Crippen LogP contribution in [0.1, 0.15) is 37.0 Å². The van der Waals surface area contributed by atoms with Crippen molar-refractivity contribution in [3.8, 4) is 0 Å². The van der Waals surface area contributed by atoms with Crippen molar-refractivity contribution in [3.05, 3.63) is 17.2 Å². The Morgan fingerprint density at radius 2 is 2.19 bits per heavy atom. The molecular formula is C12H18N2O2. The molecule has 0 saturated carbocycles. The zero-order valence-electron chi connectivity index (χ0n) is 9.86. The summed E-state index contributed by atoms with van der Waals surface area (Å²) in [7, 11) is 0. The predicted molar refractivity (Wildman–Crippen MR) is 60.4 cm³/mol. The van der Waals surface area contributed by atoms with E-state index in [4.69, 9.17) is 5.11 Å². The molecule has 1 atom stereocenters. The summed E-state index contributed by atoms with van der Waals surface area (Å²) in [5.74, 6) is -0.128. The summed E-state index contributed by atoms with van der Waals surface area (Å²) in [6.07, 6.45) is 4.49. The number of fused-ring (bicyclic) bond motifs is 1. The summed E-state index contributed by atoms with van der Waals surface area (Å²) in [4.78, 5) is 15.4. The molecule has 4 heteroatoms. The van der Waals surface area contributed by atoms with E-state index >= 15 is 0 Å². The van der Waals surface area contributed by atoms with Crippen molar-refractivity contribution in [2.75, 3.05) is 0 Å². The number of rotatable bonds is 3. The van der Waals surface area contributed by atoms with Crippen LogP contribution in [0.4, 0.5) is 0 Å². The minimum atomic E-state index is -0.738. The lowest BCUT2D eigenvalue weighted by molar-refractivity contribution is -0.141. The minimum absolute atomic E-state index is 0.348. The van der Waals surface area contributed by atoms with Crippen LogP contribution in [0.25, 0.3) is 0 Å². The lowest BCUT2D eigenvalue weighted by Gasteiger charge is -2.16. The van der Waals surface area contributed by atoms with Crippen LogP contribution in [0.5, 0.6) is 0 Å². The third-order valence-corrected chi connectivity index (χ3v) is 3.30. The van der Waals surface area contributed by atoms with Crippen molar-refractivity contribution < 1.29 is 9.90 Å². The minimum Gasteiger partial charge on any atom is -0.481 e. The average Bonchev–Trinajstić information content (AvgIpc) is 2.55. The molecule has 1 aliphatic rings. The van der Waals surface area contributed by atoms with E-state index in [-0.39, 0.29) is 5.92 Å². The first-order valence-electron chi connectivity index (χ1n) is 5.87. The van der Waals surface area contributed by atoms with Crippen LogP contribution in [0.15, 0.2) is 0 Å². The van der Waals surface area contributed by atoms with Crippen molar-refractivity contribution in [2.45, 2.75) is 46.1 Å². The van der Waals surface area contributed by atoms with Gasteiger partial charge in [0.2, 0.25) is 0 Å². The molecule has 2 rings (SSSR count). The normalized spacial score (nSPS) is 16.9. The largest absolute Gasteiger partial charge is 0.481 e. The molecule has 1 heterocycles. The van der Waals surface area contributed by atoms with E-state index in [1.54, 1.807) is 6.92 Å². The van der Waals surface area contributed by atoms with Crippen LogP contribution in [0.3, 0.4) is 0 Å². The molecule has 1 unspecified atom stereocenters. The number of aromatic nitrogens is 2. The van der Waals surface area contributed by atoms with Crippen molar-refractivity contribution in [3.63, 3.8) is 0 Å². The van der Waals surface area contributed by atoms with Crippen LogP contribution in [0.2, 0.25) is 0 Å². The maximum atomic E-state index is 10.9. The summed E-state index contributed by atoms with van der Waals surface area (Å²) < 4.78 is 2.09. The Balaban J connectivity index is 2.26. The molecule has 16 heavy (non-hydrogen) atoms. The van der Waals surface area contributed by atoms with E-state index < -0.39 is 5.97 Å². The predicted octanol–water partition coefficient (Wildman–Crippen LogP) is 1.79. The number of aliphatic carboxylic acids is 1. The fraction of sp³-hybridized carbons (Fsp3) is 0.667. The van der Waals surface area contributed by atoms with Crippen molar-refractivity contribution in [1.82, 2.24) is 9.55 Å². The highest BCUT2D eigenvalue weighted by molar-refractivity contribution is 5.69. The maximum absolute atomic E-state index is 10.9. The first kappa shape index (κ1) is 11.2. The molecule has 0 radical (unpaired) electrons. The van der Waals surface area contributed by atoms with Gasteiger partial charge in [-0.15, -0.1) is 0 Å². The maximum Gasteiger partial charge on any atom is 0.308 e. The molecule has 88 valence electrons. The van der Waals surface area contributed by atoms with Crippen LogP contribution in [-0.2, 0) is 24.2 Å². The third kappa shape index (κ3) is 1.96. The number of nitrogens with zero attached hydrogens (tertiary/aromatic N) is 2. The van der Waals surface area contributed by atoms with E-state index in [0.717, 1.165) is 18.7 Å². The van der Waals surface area contributed by atoms with Gasteiger partial charge < -0.3 is 9.67 Å². The standard InChI is InChI=1S/C12H18N2O2/c1-8(12(15)16)7-14-9(2)13-10-5-3-4-6-11(10)14/h8H,3-7H2,1-2H3,(H,15,16). The second kappa shape index (κ2) is 4.28. The molecule has 1 aromatic rings. The molecule has 1 aromatic heterocycles. The van der Waals surface area contributed by atoms with Crippen molar-refractivity contribution in [1.29, 1.82) is 0 Å². The Morgan fingerprint density at radius 3 is 2.88 bits per heavy atom. The Morgan fingerprint density at radius 1 is 1.50 bits per heavy atom. The lowest BCUT2D eigenvalue weighted by Crippen LogP contribution is -2.19. The third-order valence-electron chi connectivity index (χ3n) is 3.30. The Hall–Kier alpha value is -1.32. The van der Waals surface area contributed by atoms with Gasteiger partial charge in [0.05, 0.1) is 11.6 Å². The zero-order valence-corrected chi connectivity index (χ0v) is 9.86. The van der Waals surface area contributed by atoms with Gasteiger partial charge in [0.15, 0.2) is 0 Å². The Labute approximate surface area is 95.3 Å². The van der Waals surface area contributed by atoms with E-state index in [1.165, 1.54) is 24.2 Å². The van der Waals surface area contributed by atoms with E-state index in [2.05, 4.69) is 9.55 Å². The van der Waals surface area contributed by atoms with Gasteiger partial charge in [-0.1, -0.05) is 6.92 Å². The molecule has 1 N–H and O–H groups in total. The highest BCUT2D eigenvalue weighted by Crippen LogP contribution is 2.22. The quantitative estimate of drug-likeness (QED) is 0.848. The molecule has 4 nitrogen and oxygen atoms in total. The number of aryl methyl sites for hydroxylation is 2. The molecule has 0 spiro atoms. The first-order chi connectivity index (χ1) is 7.59. The second-order valence-electron chi connectivity index (χ2n) is 4.61. The van der Waals surface area contributed by atoms with Crippen LogP contribution < -0.4 is 0 Å². The first-order valence-corrected chi connectivity index (χ1v) is 5.87. The Bertz CT molecular complexity index is 409. The summed E-state index contributed by atoms with van der Waals surface area (Å²) in [5, 5.41) is 8.94. The van der Waals surface area contributed by atoms with Crippen LogP contribution >= 0.6 is 0 Å². The monoisotopic (exact) mass is 222 g/mol. The molecule has 0 aromatic carbocycles. The smallest absolute Gasteiger partial charge is 0.308 e. The van der Waals surface area contributed by atoms with Crippen LogP contribution in [-0.4, -0.2) is 20.6 Å². The average molecular weight is 222 g/mol. The highest BCUT2D eigenvalue weighted by atomic mass is 16.4. The molecule has 0 fully saturated rings. The molecule has 0 saturated heterocycles. The zero-order chi connectivity index (χ0) is 11.7. The summed E-state index contributed by atoms with van der Waals surface area (Å²) in [6.45, 7) is 4.26. The fourth-order valence-corrected chi connectivity index (χ4v) is 2.33. The molecule has 1 aliphatic carbocycles. The van der Waals surface area contributed by atoms with Gasteiger partial charge in [-0.25, -0.2) is 4.98 Å². The van der Waals surface area contributed by atoms with Gasteiger partial charge in [-0.05, 0) is 32.6 Å². The number of carboxylic acids is 1. The summed E-state index contributed by atoms with van der Waals surface area (Å²) in [6, 6.07) is 0. The molecule has 0 amide bonds. The topological polar surface area (TPSA) is 55.1 Å². The van der Waals surface area contributed by atoms with Gasteiger partial charge in [-0.2, -0.15) is 0 Å². The summed E-state index contributed by atoms with van der Waals surface area (Å²) in [5.41, 5.74) is 2.44. The number of hydrogen-bond donors (Lipinski definition) is 1. The lowest BCUT2D eigenvalue weighted by atomic mass is 10.0. The van der Waals surface area contributed by atoms with Gasteiger partial charge in [0, 0.05) is 12.2 Å². The fourth-order valence-electron chi connectivity index (χ4n) is 2.33.